The molecule has 2 N–H and O–H groups in total. The molecular formula is C20H22N4. The first-order chi connectivity index (χ1) is 11.6. The zero-order valence-corrected chi connectivity index (χ0v) is 14.2. The topological polar surface area (TPSA) is 49.8 Å². The minimum absolute atomic E-state index is 0.443. The fourth-order valence-corrected chi connectivity index (χ4v) is 2.59. The van der Waals surface area contributed by atoms with E-state index in [1.54, 1.807) is 0 Å². The fourth-order valence-electron chi connectivity index (χ4n) is 2.59. The Balaban J connectivity index is 1.87. The number of hydrogen-bond donors (Lipinski definition) is 2. The number of aromatic nitrogens is 2. The summed E-state index contributed by atoms with van der Waals surface area (Å²) in [5.41, 5.74) is 4.23. The lowest BCUT2D eigenvalue weighted by atomic mass is 10.0. The van der Waals surface area contributed by atoms with Crippen molar-refractivity contribution in [2.75, 3.05) is 10.6 Å². The van der Waals surface area contributed by atoms with Gasteiger partial charge in [-0.15, -0.1) is 0 Å². The molecule has 0 radical (unpaired) electrons. The van der Waals surface area contributed by atoms with E-state index in [1.165, 1.54) is 5.56 Å². The minimum atomic E-state index is 0.443. The third kappa shape index (κ3) is 3.90. The third-order valence-corrected chi connectivity index (χ3v) is 3.73. The van der Waals surface area contributed by atoms with Crippen LogP contribution in [0.1, 0.15) is 31.0 Å². The maximum atomic E-state index is 4.59. The van der Waals surface area contributed by atoms with Gasteiger partial charge in [-0.2, -0.15) is 4.98 Å². The number of benzene rings is 2. The van der Waals surface area contributed by atoms with E-state index in [1.807, 2.05) is 49.4 Å². The molecule has 0 amide bonds. The third-order valence-electron chi connectivity index (χ3n) is 3.73. The Kier molecular flexibility index (Phi) is 4.75. The van der Waals surface area contributed by atoms with Gasteiger partial charge in [0.2, 0.25) is 5.95 Å². The second-order valence-corrected chi connectivity index (χ2v) is 6.08. The first-order valence-electron chi connectivity index (χ1n) is 8.15. The van der Waals surface area contributed by atoms with Gasteiger partial charge in [0.05, 0.1) is 0 Å². The van der Waals surface area contributed by atoms with Crippen LogP contribution >= 0.6 is 0 Å². The van der Waals surface area contributed by atoms with E-state index in [4.69, 9.17) is 0 Å². The van der Waals surface area contributed by atoms with Crippen molar-refractivity contribution in [3.8, 4) is 0 Å². The van der Waals surface area contributed by atoms with Crippen LogP contribution in [0.15, 0.2) is 60.7 Å². The molecule has 0 saturated carbocycles. The van der Waals surface area contributed by atoms with E-state index in [9.17, 15) is 0 Å². The lowest BCUT2D eigenvalue weighted by Crippen LogP contribution is -2.04. The highest BCUT2D eigenvalue weighted by Gasteiger charge is 2.08. The van der Waals surface area contributed by atoms with Crippen LogP contribution in [-0.2, 0) is 0 Å². The van der Waals surface area contributed by atoms with Gasteiger partial charge in [-0.25, -0.2) is 4.98 Å². The normalized spacial score (nSPS) is 10.7. The first-order valence-corrected chi connectivity index (χ1v) is 8.15. The largest absolute Gasteiger partial charge is 0.340 e. The molecule has 2 aromatic carbocycles. The molecule has 24 heavy (non-hydrogen) atoms. The van der Waals surface area contributed by atoms with Crippen LogP contribution in [0.3, 0.4) is 0 Å². The molecular weight excluding hydrogens is 296 g/mol. The number of nitrogens with zero attached hydrogens (tertiary/aromatic N) is 2. The van der Waals surface area contributed by atoms with Gasteiger partial charge in [0.25, 0.3) is 0 Å². The Morgan fingerprint density at radius 3 is 2.29 bits per heavy atom. The summed E-state index contributed by atoms with van der Waals surface area (Å²) in [4.78, 5) is 9.06. The second-order valence-electron chi connectivity index (χ2n) is 6.08. The smallest absolute Gasteiger partial charge is 0.229 e. The van der Waals surface area contributed by atoms with E-state index >= 15 is 0 Å². The second kappa shape index (κ2) is 7.13. The molecule has 0 saturated heterocycles. The maximum Gasteiger partial charge on any atom is 0.229 e. The fraction of sp³-hybridized carbons (Fsp3) is 0.200. The van der Waals surface area contributed by atoms with Gasteiger partial charge in [-0.05, 0) is 36.6 Å². The first kappa shape index (κ1) is 16.0. The summed E-state index contributed by atoms with van der Waals surface area (Å²) in [7, 11) is 0. The Hall–Kier alpha value is -2.88. The van der Waals surface area contributed by atoms with Gasteiger partial charge in [-0.3, -0.25) is 0 Å². The predicted molar refractivity (Wildman–Crippen MR) is 100 cm³/mol. The number of para-hydroxylation sites is 2. The summed E-state index contributed by atoms with van der Waals surface area (Å²) in [5.74, 6) is 1.82. The van der Waals surface area contributed by atoms with E-state index in [0.717, 1.165) is 22.9 Å². The van der Waals surface area contributed by atoms with E-state index in [0.29, 0.717) is 11.9 Å². The summed E-state index contributed by atoms with van der Waals surface area (Å²) < 4.78 is 0. The molecule has 0 bridgehead atoms. The lowest BCUT2D eigenvalue weighted by Gasteiger charge is -2.15. The number of anilines is 4. The summed E-state index contributed by atoms with van der Waals surface area (Å²) in [6, 6.07) is 20.2. The van der Waals surface area contributed by atoms with Crippen LogP contribution in [0.5, 0.6) is 0 Å². The van der Waals surface area contributed by atoms with Gasteiger partial charge < -0.3 is 10.6 Å². The lowest BCUT2D eigenvalue weighted by molar-refractivity contribution is 0.869. The van der Waals surface area contributed by atoms with E-state index in [2.05, 4.69) is 52.6 Å². The van der Waals surface area contributed by atoms with Gasteiger partial charge in [0.1, 0.15) is 5.82 Å². The van der Waals surface area contributed by atoms with Gasteiger partial charge in [0.15, 0.2) is 0 Å². The average Bonchev–Trinajstić information content (AvgIpc) is 2.55. The van der Waals surface area contributed by atoms with Gasteiger partial charge in [0, 0.05) is 23.1 Å². The zero-order chi connectivity index (χ0) is 16.9. The summed E-state index contributed by atoms with van der Waals surface area (Å²) >= 11 is 0. The van der Waals surface area contributed by atoms with Crippen molar-refractivity contribution in [1.82, 2.24) is 9.97 Å². The molecule has 0 spiro atoms. The average molecular weight is 318 g/mol. The Morgan fingerprint density at radius 1 is 0.833 bits per heavy atom. The molecule has 4 heteroatoms. The highest BCUT2D eigenvalue weighted by Crippen LogP contribution is 2.27. The number of aryl methyl sites for hydroxylation is 1. The SMILES string of the molecule is Cc1cc(Nc2ccccc2C(C)C)nc(Nc2ccccc2)n1. The number of rotatable bonds is 5. The molecule has 0 fully saturated rings. The van der Waals surface area contributed by atoms with Crippen molar-refractivity contribution < 1.29 is 0 Å². The molecule has 3 aromatic rings. The van der Waals surface area contributed by atoms with Crippen molar-refractivity contribution in [3.63, 3.8) is 0 Å². The van der Waals surface area contributed by atoms with Gasteiger partial charge in [-0.1, -0.05) is 50.2 Å². The van der Waals surface area contributed by atoms with Gasteiger partial charge >= 0.3 is 0 Å². The standard InChI is InChI=1S/C20H22N4/c1-14(2)17-11-7-8-12-18(17)23-19-13-15(3)21-20(24-19)22-16-9-5-4-6-10-16/h4-14H,1-3H3,(H2,21,22,23,24). The molecule has 0 aliphatic heterocycles. The minimum Gasteiger partial charge on any atom is -0.340 e. The Morgan fingerprint density at radius 2 is 1.54 bits per heavy atom. The van der Waals surface area contributed by atoms with Crippen LogP contribution in [-0.4, -0.2) is 9.97 Å². The number of hydrogen-bond acceptors (Lipinski definition) is 4. The van der Waals surface area contributed by atoms with Crippen molar-refractivity contribution in [2.24, 2.45) is 0 Å². The predicted octanol–water partition coefficient (Wildman–Crippen LogP) is 5.40. The van der Waals surface area contributed by atoms with Crippen LogP contribution < -0.4 is 10.6 Å². The Labute approximate surface area is 143 Å². The van der Waals surface area contributed by atoms with Crippen LogP contribution in [0, 0.1) is 6.92 Å². The molecule has 0 unspecified atom stereocenters. The van der Waals surface area contributed by atoms with Crippen molar-refractivity contribution >= 4 is 23.1 Å². The summed E-state index contributed by atoms with van der Waals surface area (Å²) in [6.45, 7) is 6.35. The quantitative estimate of drug-likeness (QED) is 0.661. The molecule has 122 valence electrons. The van der Waals surface area contributed by atoms with Crippen molar-refractivity contribution in [2.45, 2.75) is 26.7 Å². The van der Waals surface area contributed by atoms with Crippen molar-refractivity contribution in [3.05, 3.63) is 71.9 Å². The monoisotopic (exact) mass is 318 g/mol. The molecule has 3 rings (SSSR count). The summed E-state index contributed by atoms with van der Waals surface area (Å²) in [6.07, 6.45) is 0. The zero-order valence-electron chi connectivity index (χ0n) is 14.2. The Bertz CT molecular complexity index is 813. The molecule has 0 aliphatic carbocycles. The summed E-state index contributed by atoms with van der Waals surface area (Å²) in [5, 5.41) is 6.68. The molecule has 0 atom stereocenters. The van der Waals surface area contributed by atoms with E-state index in [-0.39, 0.29) is 0 Å². The molecule has 1 heterocycles. The highest BCUT2D eigenvalue weighted by atomic mass is 15.1. The van der Waals surface area contributed by atoms with E-state index < -0.39 is 0 Å². The molecule has 0 aliphatic rings. The number of nitrogens with one attached hydrogen (secondary N) is 2. The van der Waals surface area contributed by atoms with Crippen LogP contribution in [0.4, 0.5) is 23.1 Å². The molecule has 1 aromatic heterocycles. The maximum absolute atomic E-state index is 4.59. The van der Waals surface area contributed by atoms with Crippen molar-refractivity contribution in [1.29, 1.82) is 0 Å². The van der Waals surface area contributed by atoms with Crippen LogP contribution in [0.25, 0.3) is 0 Å². The highest BCUT2D eigenvalue weighted by molar-refractivity contribution is 5.63. The molecule has 4 nitrogen and oxygen atoms in total. The van der Waals surface area contributed by atoms with Crippen LogP contribution in [0.2, 0.25) is 0 Å².